The first kappa shape index (κ1) is 15.9. The molecule has 1 aromatic heterocycles. The van der Waals surface area contributed by atoms with Crippen LogP contribution in [-0.4, -0.2) is 45.3 Å². The Hall–Kier alpha value is -1.93. The molecule has 3 rings (SSSR count). The van der Waals surface area contributed by atoms with Crippen LogP contribution in [0, 0.1) is 10.1 Å². The molecule has 0 saturated carbocycles. The van der Waals surface area contributed by atoms with E-state index in [1.54, 1.807) is 17.5 Å². The number of hydrogen-bond donors (Lipinski definition) is 0. The van der Waals surface area contributed by atoms with Gasteiger partial charge in [-0.2, -0.15) is 11.8 Å². The quantitative estimate of drug-likeness (QED) is 0.628. The second-order valence-electron chi connectivity index (χ2n) is 5.10. The van der Waals surface area contributed by atoms with Crippen LogP contribution in [0.5, 0.6) is 0 Å². The van der Waals surface area contributed by atoms with E-state index in [1.165, 1.54) is 23.5 Å². The third-order valence-electron chi connectivity index (χ3n) is 3.56. The summed E-state index contributed by atoms with van der Waals surface area (Å²) >= 11 is 3.25. The first-order valence-corrected chi connectivity index (χ1v) is 9.26. The summed E-state index contributed by atoms with van der Waals surface area (Å²) < 4.78 is 0. The minimum Gasteiger partial charge on any atom is -0.336 e. The van der Waals surface area contributed by atoms with Gasteiger partial charge in [0, 0.05) is 41.9 Å². The molecule has 0 unspecified atom stereocenters. The summed E-state index contributed by atoms with van der Waals surface area (Å²) in [6, 6.07) is 6.22. The number of benzene rings is 1. The molecule has 1 saturated heterocycles. The van der Waals surface area contributed by atoms with Crippen molar-refractivity contribution in [3.05, 3.63) is 45.5 Å². The molecule has 1 amide bonds. The SMILES string of the molecule is O=C(c1csc(-c2ccc([N+](=O)[O-])cc2)n1)N1CCCSCC1. The van der Waals surface area contributed by atoms with Crippen LogP contribution in [0.25, 0.3) is 10.6 Å². The molecule has 120 valence electrons. The van der Waals surface area contributed by atoms with Crippen molar-refractivity contribution in [2.24, 2.45) is 0 Å². The van der Waals surface area contributed by atoms with Crippen molar-refractivity contribution in [2.45, 2.75) is 6.42 Å². The number of thioether (sulfide) groups is 1. The van der Waals surface area contributed by atoms with Gasteiger partial charge in [-0.1, -0.05) is 0 Å². The molecule has 0 radical (unpaired) electrons. The van der Waals surface area contributed by atoms with Gasteiger partial charge in [0.05, 0.1) is 4.92 Å². The van der Waals surface area contributed by atoms with E-state index in [0.717, 1.165) is 36.6 Å². The zero-order chi connectivity index (χ0) is 16.2. The maximum Gasteiger partial charge on any atom is 0.273 e. The molecular weight excluding hydrogens is 334 g/mol. The van der Waals surface area contributed by atoms with Gasteiger partial charge in [-0.15, -0.1) is 11.3 Å². The fourth-order valence-electron chi connectivity index (χ4n) is 2.34. The van der Waals surface area contributed by atoms with Crippen LogP contribution in [0.3, 0.4) is 0 Å². The fourth-order valence-corrected chi connectivity index (χ4v) is 4.03. The fraction of sp³-hybridized carbons (Fsp3) is 0.333. The van der Waals surface area contributed by atoms with Gasteiger partial charge in [-0.05, 0) is 24.3 Å². The molecule has 2 aromatic rings. The molecular formula is C15H15N3O3S2. The summed E-state index contributed by atoms with van der Waals surface area (Å²) in [5, 5.41) is 13.1. The molecule has 2 heterocycles. The second-order valence-corrected chi connectivity index (χ2v) is 7.18. The van der Waals surface area contributed by atoms with Crippen molar-refractivity contribution in [1.29, 1.82) is 0 Å². The number of nitrogens with zero attached hydrogens (tertiary/aromatic N) is 3. The minimum absolute atomic E-state index is 0.0306. The molecule has 6 nitrogen and oxygen atoms in total. The van der Waals surface area contributed by atoms with Crippen LogP contribution in [0.15, 0.2) is 29.6 Å². The lowest BCUT2D eigenvalue weighted by Crippen LogP contribution is -2.33. The molecule has 0 spiro atoms. The number of carbonyl (C=O) groups is 1. The van der Waals surface area contributed by atoms with Crippen LogP contribution in [0.2, 0.25) is 0 Å². The number of non-ortho nitro benzene ring substituents is 1. The van der Waals surface area contributed by atoms with Crippen molar-refractivity contribution >= 4 is 34.7 Å². The highest BCUT2D eigenvalue weighted by Gasteiger charge is 2.20. The van der Waals surface area contributed by atoms with Crippen molar-refractivity contribution in [3.63, 3.8) is 0 Å². The lowest BCUT2D eigenvalue weighted by Gasteiger charge is -2.18. The van der Waals surface area contributed by atoms with E-state index in [4.69, 9.17) is 0 Å². The lowest BCUT2D eigenvalue weighted by molar-refractivity contribution is -0.384. The Kier molecular flexibility index (Phi) is 4.92. The zero-order valence-corrected chi connectivity index (χ0v) is 13.9. The highest BCUT2D eigenvalue weighted by atomic mass is 32.2. The Morgan fingerprint density at radius 1 is 1.22 bits per heavy atom. The van der Waals surface area contributed by atoms with Crippen LogP contribution < -0.4 is 0 Å². The topological polar surface area (TPSA) is 76.3 Å². The maximum atomic E-state index is 12.5. The summed E-state index contributed by atoms with van der Waals surface area (Å²) in [5.41, 5.74) is 1.28. The predicted octanol–water partition coefficient (Wildman–Crippen LogP) is 3.30. The smallest absolute Gasteiger partial charge is 0.273 e. The van der Waals surface area contributed by atoms with Crippen molar-refractivity contribution < 1.29 is 9.72 Å². The Morgan fingerprint density at radius 3 is 2.74 bits per heavy atom. The number of hydrogen-bond acceptors (Lipinski definition) is 6. The molecule has 0 atom stereocenters. The highest BCUT2D eigenvalue weighted by Crippen LogP contribution is 2.26. The summed E-state index contributed by atoms with van der Waals surface area (Å²) in [6.45, 7) is 1.53. The Balaban J connectivity index is 1.76. The van der Waals surface area contributed by atoms with Gasteiger partial charge >= 0.3 is 0 Å². The van der Waals surface area contributed by atoms with Gasteiger partial charge in [-0.3, -0.25) is 14.9 Å². The summed E-state index contributed by atoms with van der Waals surface area (Å²) in [5.74, 6) is 2.02. The average molecular weight is 349 g/mol. The van der Waals surface area contributed by atoms with E-state index in [9.17, 15) is 14.9 Å². The van der Waals surface area contributed by atoms with E-state index < -0.39 is 4.92 Å². The van der Waals surface area contributed by atoms with E-state index in [0.29, 0.717) is 10.7 Å². The Bertz CT molecular complexity index is 707. The normalized spacial score (nSPS) is 15.2. The van der Waals surface area contributed by atoms with Gasteiger partial charge < -0.3 is 4.90 Å². The Morgan fingerprint density at radius 2 is 2.00 bits per heavy atom. The number of nitro benzene ring substituents is 1. The number of nitro groups is 1. The average Bonchev–Trinajstić information content (AvgIpc) is 2.90. The van der Waals surface area contributed by atoms with Gasteiger partial charge in [0.15, 0.2) is 0 Å². The highest BCUT2D eigenvalue weighted by molar-refractivity contribution is 7.99. The molecule has 0 aliphatic carbocycles. The Labute approximate surface area is 141 Å². The number of thiazole rings is 1. The molecule has 0 N–H and O–H groups in total. The summed E-state index contributed by atoms with van der Waals surface area (Å²) in [4.78, 5) is 29.0. The summed E-state index contributed by atoms with van der Waals surface area (Å²) in [7, 11) is 0. The summed E-state index contributed by atoms with van der Waals surface area (Å²) in [6.07, 6.45) is 1.01. The van der Waals surface area contributed by atoms with E-state index in [1.807, 2.05) is 16.7 Å². The van der Waals surface area contributed by atoms with E-state index >= 15 is 0 Å². The molecule has 1 aromatic carbocycles. The lowest BCUT2D eigenvalue weighted by atomic mass is 10.2. The molecule has 1 aliphatic heterocycles. The number of rotatable bonds is 3. The minimum atomic E-state index is -0.433. The van der Waals surface area contributed by atoms with E-state index in [2.05, 4.69) is 4.98 Å². The third-order valence-corrected chi connectivity index (χ3v) is 5.50. The van der Waals surface area contributed by atoms with E-state index in [-0.39, 0.29) is 11.6 Å². The number of aromatic nitrogens is 1. The van der Waals surface area contributed by atoms with Gasteiger partial charge in [0.1, 0.15) is 10.7 Å². The standard InChI is InChI=1S/C15H15N3O3S2/c19-15(17-6-1-8-22-9-7-17)13-10-23-14(16-13)11-2-4-12(5-3-11)18(20)21/h2-5,10H,1,6-9H2. The number of amides is 1. The third kappa shape index (κ3) is 3.70. The van der Waals surface area contributed by atoms with Crippen molar-refractivity contribution in [1.82, 2.24) is 9.88 Å². The monoisotopic (exact) mass is 349 g/mol. The van der Waals surface area contributed by atoms with Crippen molar-refractivity contribution in [2.75, 3.05) is 24.6 Å². The van der Waals surface area contributed by atoms with Gasteiger partial charge in [0.2, 0.25) is 0 Å². The first-order chi connectivity index (χ1) is 11.1. The molecule has 8 heteroatoms. The van der Waals surface area contributed by atoms with Gasteiger partial charge in [0.25, 0.3) is 11.6 Å². The predicted molar refractivity (Wildman–Crippen MR) is 92.0 cm³/mol. The van der Waals surface area contributed by atoms with Crippen LogP contribution in [0.4, 0.5) is 5.69 Å². The zero-order valence-electron chi connectivity index (χ0n) is 12.3. The molecule has 1 aliphatic rings. The van der Waals surface area contributed by atoms with Gasteiger partial charge in [-0.25, -0.2) is 4.98 Å². The molecule has 0 bridgehead atoms. The second kappa shape index (κ2) is 7.10. The molecule has 23 heavy (non-hydrogen) atoms. The van der Waals surface area contributed by atoms with Crippen LogP contribution in [0.1, 0.15) is 16.9 Å². The first-order valence-electron chi connectivity index (χ1n) is 7.22. The van der Waals surface area contributed by atoms with Crippen LogP contribution >= 0.6 is 23.1 Å². The maximum absolute atomic E-state index is 12.5. The van der Waals surface area contributed by atoms with Crippen LogP contribution in [-0.2, 0) is 0 Å². The number of carbonyl (C=O) groups excluding carboxylic acids is 1. The largest absolute Gasteiger partial charge is 0.336 e. The molecule has 1 fully saturated rings. The van der Waals surface area contributed by atoms with Crippen molar-refractivity contribution in [3.8, 4) is 10.6 Å².